The van der Waals surface area contributed by atoms with Gasteiger partial charge in [0.25, 0.3) is 0 Å². The molecule has 6 heteroatoms. The first-order chi connectivity index (χ1) is 7.02. The molecule has 0 aliphatic carbocycles. The van der Waals surface area contributed by atoms with Gasteiger partial charge in [-0.05, 0) is 13.8 Å². The molecule has 1 unspecified atom stereocenters. The maximum Gasteiger partial charge on any atom is 0.311 e. The molecule has 88 valence electrons. The molecule has 0 aromatic carbocycles. The van der Waals surface area contributed by atoms with E-state index < -0.39 is 17.9 Å². The first-order valence-corrected chi connectivity index (χ1v) is 4.88. The molecule has 0 aliphatic heterocycles. The van der Waals surface area contributed by atoms with Crippen LogP contribution in [-0.2, 0) is 9.59 Å². The number of rotatable bonds is 5. The van der Waals surface area contributed by atoms with Gasteiger partial charge >= 0.3 is 11.8 Å². The van der Waals surface area contributed by atoms with Crippen LogP contribution in [0.25, 0.3) is 0 Å². The molecule has 0 spiro atoms. The summed E-state index contributed by atoms with van der Waals surface area (Å²) in [5, 5.41) is 19.8. The SMILES string of the molecule is CCN(CCO)C(=O)C(=O)NCC(C)O. The van der Waals surface area contributed by atoms with Gasteiger partial charge in [0, 0.05) is 19.6 Å². The highest BCUT2D eigenvalue weighted by atomic mass is 16.3. The standard InChI is InChI=1S/C9H18N2O4/c1-3-11(4-5-12)9(15)8(14)10-6-7(2)13/h7,12-13H,3-6H2,1-2H3,(H,10,14). The second-order valence-corrected chi connectivity index (χ2v) is 3.17. The molecule has 0 aromatic heterocycles. The van der Waals surface area contributed by atoms with Crippen LogP contribution < -0.4 is 5.32 Å². The quantitative estimate of drug-likeness (QED) is 0.481. The van der Waals surface area contributed by atoms with Gasteiger partial charge in [0.15, 0.2) is 0 Å². The van der Waals surface area contributed by atoms with Gasteiger partial charge in [-0.1, -0.05) is 0 Å². The third-order valence-electron chi connectivity index (χ3n) is 1.79. The van der Waals surface area contributed by atoms with E-state index in [9.17, 15) is 9.59 Å². The smallest absolute Gasteiger partial charge is 0.311 e. The van der Waals surface area contributed by atoms with Crippen molar-refractivity contribution in [1.82, 2.24) is 10.2 Å². The van der Waals surface area contributed by atoms with Gasteiger partial charge in [0.2, 0.25) is 0 Å². The lowest BCUT2D eigenvalue weighted by atomic mass is 10.3. The van der Waals surface area contributed by atoms with E-state index in [1.54, 1.807) is 6.92 Å². The van der Waals surface area contributed by atoms with Crippen molar-refractivity contribution < 1.29 is 19.8 Å². The monoisotopic (exact) mass is 218 g/mol. The molecule has 0 aromatic rings. The largest absolute Gasteiger partial charge is 0.395 e. The highest BCUT2D eigenvalue weighted by molar-refractivity contribution is 6.35. The van der Waals surface area contributed by atoms with Crippen LogP contribution in [0.2, 0.25) is 0 Å². The van der Waals surface area contributed by atoms with E-state index in [-0.39, 0.29) is 19.7 Å². The van der Waals surface area contributed by atoms with Gasteiger partial charge in [0.1, 0.15) is 0 Å². The Balaban J connectivity index is 4.10. The highest BCUT2D eigenvalue weighted by Crippen LogP contribution is 1.89. The molecule has 0 saturated heterocycles. The van der Waals surface area contributed by atoms with Gasteiger partial charge < -0.3 is 20.4 Å². The molecule has 1 atom stereocenters. The summed E-state index contributed by atoms with van der Waals surface area (Å²) in [5.74, 6) is -1.45. The average molecular weight is 218 g/mol. The van der Waals surface area contributed by atoms with E-state index in [2.05, 4.69) is 5.32 Å². The molecule has 0 saturated carbocycles. The number of aliphatic hydroxyl groups excluding tert-OH is 2. The second kappa shape index (κ2) is 7.19. The predicted molar refractivity (Wildman–Crippen MR) is 54.0 cm³/mol. The zero-order chi connectivity index (χ0) is 11.8. The van der Waals surface area contributed by atoms with Crippen LogP contribution in [0.5, 0.6) is 0 Å². The molecule has 0 aliphatic rings. The van der Waals surface area contributed by atoms with Crippen molar-refractivity contribution >= 4 is 11.8 Å². The van der Waals surface area contributed by atoms with Crippen LogP contribution in [0.15, 0.2) is 0 Å². The van der Waals surface area contributed by atoms with Crippen LogP contribution in [0.4, 0.5) is 0 Å². The van der Waals surface area contributed by atoms with E-state index in [4.69, 9.17) is 10.2 Å². The van der Waals surface area contributed by atoms with Crippen molar-refractivity contribution in [3.05, 3.63) is 0 Å². The normalized spacial score (nSPS) is 12.0. The lowest BCUT2D eigenvalue weighted by Gasteiger charge is -2.18. The summed E-state index contributed by atoms with van der Waals surface area (Å²) in [6, 6.07) is 0. The van der Waals surface area contributed by atoms with Gasteiger partial charge in [-0.2, -0.15) is 0 Å². The molecule has 0 radical (unpaired) electrons. The molecule has 3 N–H and O–H groups in total. The number of likely N-dealkylation sites (N-methyl/N-ethyl adjacent to an activating group) is 1. The first kappa shape index (κ1) is 13.9. The molecule has 0 heterocycles. The Kier molecular flexibility index (Phi) is 6.64. The van der Waals surface area contributed by atoms with Crippen molar-refractivity contribution in [3.8, 4) is 0 Å². The summed E-state index contributed by atoms with van der Waals surface area (Å²) in [4.78, 5) is 23.9. The number of carbonyl (C=O) groups is 2. The molecule has 0 fully saturated rings. The van der Waals surface area contributed by atoms with Crippen LogP contribution in [0.1, 0.15) is 13.8 Å². The van der Waals surface area contributed by atoms with Crippen molar-refractivity contribution in [2.24, 2.45) is 0 Å². The number of nitrogens with zero attached hydrogens (tertiary/aromatic N) is 1. The van der Waals surface area contributed by atoms with E-state index in [0.717, 1.165) is 0 Å². The summed E-state index contributed by atoms with van der Waals surface area (Å²) in [5.41, 5.74) is 0. The average Bonchev–Trinajstić information content (AvgIpc) is 2.21. The minimum absolute atomic E-state index is 0.0429. The number of nitrogens with one attached hydrogen (secondary N) is 1. The third-order valence-corrected chi connectivity index (χ3v) is 1.79. The molecule has 15 heavy (non-hydrogen) atoms. The van der Waals surface area contributed by atoms with Crippen molar-refractivity contribution in [1.29, 1.82) is 0 Å². The van der Waals surface area contributed by atoms with E-state index in [0.29, 0.717) is 6.54 Å². The Morgan fingerprint density at radius 3 is 2.47 bits per heavy atom. The van der Waals surface area contributed by atoms with Crippen LogP contribution in [0, 0.1) is 0 Å². The number of carbonyl (C=O) groups excluding carboxylic acids is 2. The number of amides is 2. The Bertz CT molecular complexity index is 218. The van der Waals surface area contributed by atoms with E-state index in [1.807, 2.05) is 0 Å². The van der Waals surface area contributed by atoms with Gasteiger partial charge in [-0.15, -0.1) is 0 Å². The molecular formula is C9H18N2O4. The number of hydrogen-bond donors (Lipinski definition) is 3. The van der Waals surface area contributed by atoms with Gasteiger partial charge in [-0.3, -0.25) is 9.59 Å². The highest BCUT2D eigenvalue weighted by Gasteiger charge is 2.19. The summed E-state index contributed by atoms with van der Waals surface area (Å²) in [7, 11) is 0. The minimum Gasteiger partial charge on any atom is -0.395 e. The Labute approximate surface area is 88.9 Å². The molecular weight excluding hydrogens is 200 g/mol. The fraction of sp³-hybridized carbons (Fsp3) is 0.778. The van der Waals surface area contributed by atoms with Gasteiger partial charge in [-0.25, -0.2) is 0 Å². The summed E-state index contributed by atoms with van der Waals surface area (Å²) >= 11 is 0. The van der Waals surface area contributed by atoms with E-state index >= 15 is 0 Å². The Morgan fingerprint density at radius 1 is 1.47 bits per heavy atom. The first-order valence-electron chi connectivity index (χ1n) is 4.88. The predicted octanol–water partition coefficient (Wildman–Crippen LogP) is -1.68. The topological polar surface area (TPSA) is 89.9 Å². The zero-order valence-electron chi connectivity index (χ0n) is 9.06. The number of hydrogen-bond acceptors (Lipinski definition) is 4. The lowest BCUT2D eigenvalue weighted by Crippen LogP contribution is -2.45. The minimum atomic E-state index is -0.758. The van der Waals surface area contributed by atoms with Crippen LogP contribution >= 0.6 is 0 Å². The van der Waals surface area contributed by atoms with Crippen LogP contribution in [0.3, 0.4) is 0 Å². The van der Waals surface area contributed by atoms with Crippen LogP contribution in [-0.4, -0.2) is 59.3 Å². The van der Waals surface area contributed by atoms with Crippen molar-refractivity contribution in [3.63, 3.8) is 0 Å². The molecule has 0 bridgehead atoms. The molecule has 6 nitrogen and oxygen atoms in total. The fourth-order valence-corrected chi connectivity index (χ4v) is 0.984. The third kappa shape index (κ3) is 5.34. The Hall–Kier alpha value is -1.14. The summed E-state index contributed by atoms with van der Waals surface area (Å²) in [6.45, 7) is 3.59. The maximum atomic E-state index is 11.4. The van der Waals surface area contributed by atoms with Crippen molar-refractivity contribution in [2.45, 2.75) is 20.0 Å². The second-order valence-electron chi connectivity index (χ2n) is 3.17. The fourth-order valence-electron chi connectivity index (χ4n) is 0.984. The lowest BCUT2D eigenvalue weighted by molar-refractivity contribution is -0.146. The summed E-state index contributed by atoms with van der Waals surface area (Å²) in [6.07, 6.45) is -0.685. The molecule has 0 rings (SSSR count). The zero-order valence-corrected chi connectivity index (χ0v) is 9.06. The summed E-state index contributed by atoms with van der Waals surface area (Å²) < 4.78 is 0. The molecule has 2 amide bonds. The maximum absolute atomic E-state index is 11.4. The Morgan fingerprint density at radius 2 is 2.07 bits per heavy atom. The van der Waals surface area contributed by atoms with Crippen molar-refractivity contribution in [2.75, 3.05) is 26.2 Å². The van der Waals surface area contributed by atoms with E-state index in [1.165, 1.54) is 11.8 Å². The number of aliphatic hydroxyl groups is 2. The van der Waals surface area contributed by atoms with Gasteiger partial charge in [0.05, 0.1) is 12.7 Å².